The Labute approximate surface area is 152 Å². The molecule has 3 aliphatic rings. The molecule has 0 amide bonds. The minimum absolute atomic E-state index is 0.258. The molecule has 0 spiro atoms. The summed E-state index contributed by atoms with van der Waals surface area (Å²) in [7, 11) is 1.42. The third kappa shape index (κ3) is 2.63. The van der Waals surface area contributed by atoms with Crippen molar-refractivity contribution in [2.24, 2.45) is 11.3 Å². The van der Waals surface area contributed by atoms with Gasteiger partial charge in [0.1, 0.15) is 5.82 Å². The van der Waals surface area contributed by atoms with E-state index in [-0.39, 0.29) is 12.1 Å². The number of fused-ring (bicyclic) bond motifs is 2. The summed E-state index contributed by atoms with van der Waals surface area (Å²) in [5, 5.41) is 3.51. The van der Waals surface area contributed by atoms with Crippen molar-refractivity contribution in [3.63, 3.8) is 0 Å². The number of carbonyl (C=O) groups is 1. The molecule has 3 atom stereocenters. The molecule has 2 saturated heterocycles. The highest BCUT2D eigenvalue weighted by molar-refractivity contribution is 5.93. The van der Waals surface area contributed by atoms with E-state index in [1.165, 1.54) is 20.0 Å². The summed E-state index contributed by atoms with van der Waals surface area (Å²) in [5.74, 6) is 1.62. The fraction of sp³-hybridized carbons (Fsp3) is 0.600. The van der Waals surface area contributed by atoms with Crippen LogP contribution in [-0.2, 0) is 22.4 Å². The summed E-state index contributed by atoms with van der Waals surface area (Å²) >= 11 is 0. The summed E-state index contributed by atoms with van der Waals surface area (Å²) in [6, 6.07) is 5.66. The Bertz CT molecular complexity index is 857. The average molecular weight is 355 g/mol. The highest BCUT2D eigenvalue weighted by Crippen LogP contribution is 2.58. The Kier molecular flexibility index (Phi) is 3.79. The molecule has 138 valence electrons. The SMILES string of the molecule is COC(=O)c1ccc2nc(CC34CCNCC3C4)n(C[C@@H]3CCO3)c2c1. The molecule has 2 unspecified atom stereocenters. The molecule has 1 aliphatic carbocycles. The van der Waals surface area contributed by atoms with Crippen LogP contribution in [0.15, 0.2) is 18.2 Å². The number of aromatic nitrogens is 2. The second kappa shape index (κ2) is 6.06. The number of hydrogen-bond acceptors (Lipinski definition) is 5. The number of methoxy groups -OCH3 is 1. The molecule has 3 fully saturated rings. The second-order valence-corrected chi connectivity index (χ2v) is 8.01. The van der Waals surface area contributed by atoms with Gasteiger partial charge in [0.15, 0.2) is 0 Å². The maximum absolute atomic E-state index is 12.0. The van der Waals surface area contributed by atoms with Gasteiger partial charge in [-0.05, 0) is 61.9 Å². The van der Waals surface area contributed by atoms with E-state index in [1.54, 1.807) is 6.07 Å². The van der Waals surface area contributed by atoms with E-state index in [4.69, 9.17) is 14.5 Å². The van der Waals surface area contributed by atoms with Gasteiger partial charge in [-0.3, -0.25) is 0 Å². The van der Waals surface area contributed by atoms with Crippen LogP contribution in [0.1, 0.15) is 35.4 Å². The third-order valence-electron chi connectivity index (χ3n) is 6.49. The molecule has 0 bridgehead atoms. The van der Waals surface area contributed by atoms with Crippen LogP contribution >= 0.6 is 0 Å². The molecule has 0 radical (unpaired) electrons. The molecule has 1 aromatic heterocycles. The van der Waals surface area contributed by atoms with Gasteiger partial charge in [-0.2, -0.15) is 0 Å². The number of rotatable bonds is 5. The highest BCUT2D eigenvalue weighted by atomic mass is 16.5. The van der Waals surface area contributed by atoms with Crippen molar-refractivity contribution in [2.45, 2.75) is 38.3 Å². The van der Waals surface area contributed by atoms with E-state index in [1.807, 2.05) is 12.1 Å². The molecular formula is C20H25N3O3. The molecular weight excluding hydrogens is 330 g/mol. The van der Waals surface area contributed by atoms with Crippen LogP contribution in [0.2, 0.25) is 0 Å². The fourth-order valence-electron chi connectivity index (χ4n) is 4.65. The zero-order valence-electron chi connectivity index (χ0n) is 15.2. The second-order valence-electron chi connectivity index (χ2n) is 8.01. The molecule has 6 nitrogen and oxygen atoms in total. The van der Waals surface area contributed by atoms with Crippen molar-refractivity contribution in [1.29, 1.82) is 0 Å². The highest BCUT2D eigenvalue weighted by Gasteiger charge is 2.55. The summed E-state index contributed by atoms with van der Waals surface area (Å²) in [6.45, 7) is 3.90. The quantitative estimate of drug-likeness (QED) is 0.833. The first-order chi connectivity index (χ1) is 12.7. The normalized spacial score (nSPS) is 29.9. The molecule has 5 rings (SSSR count). The third-order valence-corrected chi connectivity index (χ3v) is 6.49. The van der Waals surface area contributed by atoms with Crippen LogP contribution in [0, 0.1) is 11.3 Å². The number of benzene rings is 1. The first-order valence-electron chi connectivity index (χ1n) is 9.58. The van der Waals surface area contributed by atoms with Crippen LogP contribution in [0.25, 0.3) is 11.0 Å². The zero-order valence-corrected chi connectivity index (χ0v) is 15.2. The lowest BCUT2D eigenvalue weighted by atomic mass is 9.92. The van der Waals surface area contributed by atoms with Crippen molar-refractivity contribution in [2.75, 3.05) is 26.8 Å². The summed E-state index contributed by atoms with van der Waals surface area (Å²) in [6.07, 6.45) is 4.90. The Hall–Kier alpha value is -1.92. The van der Waals surface area contributed by atoms with Crippen LogP contribution in [0.3, 0.4) is 0 Å². The Morgan fingerprint density at radius 1 is 1.50 bits per heavy atom. The predicted octanol–water partition coefficient (Wildman–Crippen LogP) is 2.15. The number of esters is 1. The first-order valence-corrected chi connectivity index (χ1v) is 9.58. The smallest absolute Gasteiger partial charge is 0.337 e. The molecule has 1 N–H and O–H groups in total. The minimum atomic E-state index is -0.305. The Balaban J connectivity index is 1.53. The van der Waals surface area contributed by atoms with Crippen LogP contribution in [0.4, 0.5) is 0 Å². The van der Waals surface area contributed by atoms with Crippen molar-refractivity contribution >= 4 is 17.0 Å². The van der Waals surface area contributed by atoms with E-state index in [0.717, 1.165) is 61.9 Å². The summed E-state index contributed by atoms with van der Waals surface area (Å²) in [4.78, 5) is 16.9. The molecule has 26 heavy (non-hydrogen) atoms. The predicted molar refractivity (Wildman–Crippen MR) is 97.2 cm³/mol. The molecule has 1 saturated carbocycles. The van der Waals surface area contributed by atoms with Crippen LogP contribution in [0.5, 0.6) is 0 Å². The van der Waals surface area contributed by atoms with Crippen molar-refractivity contribution in [3.8, 4) is 0 Å². The van der Waals surface area contributed by atoms with Gasteiger partial charge in [-0.15, -0.1) is 0 Å². The van der Waals surface area contributed by atoms with Gasteiger partial charge in [0.2, 0.25) is 0 Å². The lowest BCUT2D eigenvalue weighted by Gasteiger charge is -2.28. The van der Waals surface area contributed by atoms with Crippen molar-refractivity contribution < 1.29 is 14.3 Å². The number of imidazole rings is 1. The van der Waals surface area contributed by atoms with Gasteiger partial charge in [0.05, 0.1) is 36.4 Å². The zero-order chi connectivity index (χ0) is 17.7. The van der Waals surface area contributed by atoms with Crippen LogP contribution in [-0.4, -0.2) is 48.4 Å². The van der Waals surface area contributed by atoms with Crippen molar-refractivity contribution in [3.05, 3.63) is 29.6 Å². The molecule has 2 aliphatic heterocycles. The van der Waals surface area contributed by atoms with Gasteiger partial charge < -0.3 is 19.4 Å². The molecule has 3 heterocycles. The van der Waals surface area contributed by atoms with E-state index < -0.39 is 0 Å². The fourth-order valence-corrected chi connectivity index (χ4v) is 4.65. The lowest BCUT2D eigenvalue weighted by Crippen LogP contribution is -2.33. The van der Waals surface area contributed by atoms with Gasteiger partial charge >= 0.3 is 5.97 Å². The Morgan fingerprint density at radius 2 is 2.38 bits per heavy atom. The van der Waals surface area contributed by atoms with Gasteiger partial charge in [0.25, 0.3) is 0 Å². The van der Waals surface area contributed by atoms with E-state index in [0.29, 0.717) is 11.0 Å². The largest absolute Gasteiger partial charge is 0.465 e. The lowest BCUT2D eigenvalue weighted by molar-refractivity contribution is -0.0591. The Morgan fingerprint density at radius 3 is 3.12 bits per heavy atom. The number of nitrogens with one attached hydrogen (secondary N) is 1. The maximum atomic E-state index is 12.0. The van der Waals surface area contributed by atoms with E-state index in [9.17, 15) is 4.79 Å². The summed E-state index contributed by atoms with van der Waals surface area (Å²) < 4.78 is 12.9. The topological polar surface area (TPSA) is 65.4 Å². The first kappa shape index (κ1) is 16.3. The summed E-state index contributed by atoms with van der Waals surface area (Å²) in [5.41, 5.74) is 2.97. The number of hydrogen-bond donors (Lipinski definition) is 1. The van der Waals surface area contributed by atoms with Gasteiger partial charge in [0, 0.05) is 13.0 Å². The number of nitrogens with zero attached hydrogens (tertiary/aromatic N) is 2. The van der Waals surface area contributed by atoms with Gasteiger partial charge in [-0.25, -0.2) is 9.78 Å². The number of piperidine rings is 1. The number of carbonyl (C=O) groups excluding carboxylic acids is 1. The average Bonchev–Trinajstić information content (AvgIpc) is 3.25. The number of ether oxygens (including phenoxy) is 2. The monoisotopic (exact) mass is 355 g/mol. The molecule has 2 aromatic rings. The van der Waals surface area contributed by atoms with E-state index in [2.05, 4.69) is 9.88 Å². The maximum Gasteiger partial charge on any atom is 0.337 e. The standard InChI is InChI=1S/C20H25N3O3/c1-25-19(24)13-2-3-16-17(8-13)23(12-15-4-7-26-15)18(22-16)10-20-5-6-21-11-14(20)9-20/h2-3,8,14-15,21H,4-7,9-12H2,1H3/t14?,15-,20?/m0/s1. The van der Waals surface area contributed by atoms with Crippen LogP contribution < -0.4 is 5.32 Å². The molecule has 1 aromatic carbocycles. The molecule has 6 heteroatoms. The van der Waals surface area contributed by atoms with E-state index >= 15 is 0 Å². The van der Waals surface area contributed by atoms with Gasteiger partial charge in [-0.1, -0.05) is 0 Å². The minimum Gasteiger partial charge on any atom is -0.465 e. The van der Waals surface area contributed by atoms with Crippen molar-refractivity contribution in [1.82, 2.24) is 14.9 Å².